The third kappa shape index (κ3) is 4.11. The Bertz CT molecular complexity index is 797. The van der Waals surface area contributed by atoms with E-state index in [0.717, 1.165) is 0 Å². The average molecular weight is 362 g/mol. The van der Waals surface area contributed by atoms with Crippen molar-refractivity contribution in [3.63, 3.8) is 0 Å². The number of anilines is 1. The Kier molecular flexibility index (Phi) is 6.15. The van der Waals surface area contributed by atoms with E-state index in [4.69, 9.17) is 4.74 Å². The van der Waals surface area contributed by atoms with E-state index in [2.05, 4.69) is 4.98 Å². The van der Waals surface area contributed by atoms with E-state index >= 15 is 0 Å². The normalized spacial score (nSPS) is 11.9. The van der Waals surface area contributed by atoms with Gasteiger partial charge in [-0.15, -0.1) is 0 Å². The molecule has 1 heterocycles. The lowest BCUT2D eigenvalue weighted by Gasteiger charge is -2.20. The molecule has 2 N–H and O–H groups in total. The number of hydrogen-bond acceptors (Lipinski definition) is 4. The van der Waals surface area contributed by atoms with Gasteiger partial charge in [0.2, 0.25) is 0 Å². The quantitative estimate of drug-likeness (QED) is 0.774. The van der Waals surface area contributed by atoms with Crippen molar-refractivity contribution in [2.24, 2.45) is 0 Å². The van der Waals surface area contributed by atoms with E-state index in [1.165, 1.54) is 29.2 Å². The molecule has 2 aromatic rings. The number of H-pyrrole nitrogens is 1. The van der Waals surface area contributed by atoms with Gasteiger partial charge >= 0.3 is 5.97 Å². The topological polar surface area (TPSA) is 82.6 Å². The molecule has 0 aliphatic heterocycles. The minimum absolute atomic E-state index is 0.219. The molecular formula is C19H23FN2O4. The number of halogens is 1. The summed E-state index contributed by atoms with van der Waals surface area (Å²) < 4.78 is 18.2. The fraction of sp³-hybridized carbons (Fsp3) is 0.368. The molecule has 0 saturated heterocycles. The van der Waals surface area contributed by atoms with Crippen molar-refractivity contribution in [3.8, 4) is 0 Å². The van der Waals surface area contributed by atoms with Crippen molar-refractivity contribution in [1.82, 2.24) is 4.98 Å². The number of likely N-dealkylation sites (N-methyl/N-ethyl adjacent to an activating group) is 1. The van der Waals surface area contributed by atoms with Crippen LogP contribution in [-0.4, -0.2) is 35.1 Å². The summed E-state index contributed by atoms with van der Waals surface area (Å²) in [6.45, 7) is 6.77. The molecule has 7 heteroatoms. The molecule has 26 heavy (non-hydrogen) atoms. The van der Waals surface area contributed by atoms with Gasteiger partial charge in [-0.1, -0.05) is 0 Å². The van der Waals surface area contributed by atoms with Crippen molar-refractivity contribution >= 4 is 17.6 Å². The summed E-state index contributed by atoms with van der Waals surface area (Å²) in [7, 11) is 0. The third-order valence-electron chi connectivity index (χ3n) is 4.20. The molecule has 1 amide bonds. The van der Waals surface area contributed by atoms with E-state index in [9.17, 15) is 19.1 Å². The first-order valence-electron chi connectivity index (χ1n) is 8.36. The summed E-state index contributed by atoms with van der Waals surface area (Å²) >= 11 is 0. The number of nitrogens with one attached hydrogen (secondary N) is 1. The summed E-state index contributed by atoms with van der Waals surface area (Å²) in [6.07, 6.45) is -0.719. The first-order valence-corrected chi connectivity index (χ1v) is 8.36. The highest BCUT2D eigenvalue weighted by Gasteiger charge is 2.22. The van der Waals surface area contributed by atoms with Crippen LogP contribution in [0.5, 0.6) is 0 Å². The number of aryl methyl sites for hydroxylation is 1. The second-order valence-corrected chi connectivity index (χ2v) is 6.03. The summed E-state index contributed by atoms with van der Waals surface area (Å²) in [5.74, 6) is -1.47. The fourth-order valence-corrected chi connectivity index (χ4v) is 3.00. The smallest absolute Gasteiger partial charge is 0.355 e. The highest BCUT2D eigenvalue weighted by atomic mass is 19.1. The molecule has 0 spiro atoms. The van der Waals surface area contributed by atoms with Gasteiger partial charge in [-0.05, 0) is 57.5 Å². The van der Waals surface area contributed by atoms with Crippen molar-refractivity contribution in [1.29, 1.82) is 0 Å². The first kappa shape index (κ1) is 19.7. The number of aromatic nitrogens is 1. The van der Waals surface area contributed by atoms with E-state index < -0.39 is 30.4 Å². The van der Waals surface area contributed by atoms with Gasteiger partial charge in [-0.25, -0.2) is 9.18 Å². The molecule has 2 rings (SSSR count). The van der Waals surface area contributed by atoms with Crippen molar-refractivity contribution in [2.75, 3.05) is 18.1 Å². The van der Waals surface area contributed by atoms with Crippen molar-refractivity contribution in [3.05, 3.63) is 52.6 Å². The van der Waals surface area contributed by atoms with E-state index in [1.54, 1.807) is 27.7 Å². The lowest BCUT2D eigenvalue weighted by molar-refractivity contribution is -0.121. The fourth-order valence-electron chi connectivity index (χ4n) is 3.00. The van der Waals surface area contributed by atoms with Crippen LogP contribution >= 0.6 is 0 Å². The Labute approximate surface area is 151 Å². The zero-order valence-electron chi connectivity index (χ0n) is 15.3. The van der Waals surface area contributed by atoms with Crippen LogP contribution in [0.3, 0.4) is 0 Å². The molecule has 0 aliphatic carbocycles. The Hall–Kier alpha value is -2.67. The lowest BCUT2D eigenvalue weighted by atomic mass is 10.1. The SMILES string of the molecule is CCN(C(=O)COC(=O)c1[nH]c(C)c([C@@H](C)O)c1C)c1ccc(F)cc1. The van der Waals surface area contributed by atoms with Crippen molar-refractivity contribution < 1.29 is 23.8 Å². The molecule has 1 aromatic carbocycles. The zero-order valence-corrected chi connectivity index (χ0v) is 15.3. The maximum Gasteiger partial charge on any atom is 0.355 e. The maximum absolute atomic E-state index is 13.0. The van der Waals surface area contributed by atoms with Crippen LogP contribution in [0.25, 0.3) is 0 Å². The second-order valence-electron chi connectivity index (χ2n) is 6.03. The molecule has 0 fully saturated rings. The van der Waals surface area contributed by atoms with Crippen LogP contribution in [0.2, 0.25) is 0 Å². The standard InChI is InChI=1S/C19H23FN2O4/c1-5-22(15-8-6-14(20)7-9-15)16(24)10-26-19(25)18-11(2)17(13(4)23)12(3)21-18/h6-9,13,21,23H,5,10H2,1-4H3/t13-/m1/s1. The molecule has 1 atom stereocenters. The maximum atomic E-state index is 13.0. The Morgan fingerprint density at radius 3 is 2.38 bits per heavy atom. The minimum Gasteiger partial charge on any atom is -0.451 e. The molecule has 0 bridgehead atoms. The molecule has 6 nitrogen and oxygen atoms in total. The Balaban J connectivity index is 2.07. The number of aliphatic hydroxyl groups is 1. The summed E-state index contributed by atoms with van der Waals surface area (Å²) in [4.78, 5) is 29.0. The van der Waals surface area contributed by atoms with E-state index in [1.807, 2.05) is 0 Å². The van der Waals surface area contributed by atoms with E-state index in [0.29, 0.717) is 29.1 Å². The van der Waals surface area contributed by atoms with Gasteiger partial charge in [-0.2, -0.15) is 0 Å². The van der Waals surface area contributed by atoms with Crippen LogP contribution in [0.4, 0.5) is 10.1 Å². The summed E-state index contributed by atoms with van der Waals surface area (Å²) in [5, 5.41) is 9.79. The number of nitrogens with zero attached hydrogens (tertiary/aromatic N) is 1. The largest absolute Gasteiger partial charge is 0.451 e. The van der Waals surface area contributed by atoms with Crippen molar-refractivity contribution in [2.45, 2.75) is 33.8 Å². The van der Waals surface area contributed by atoms with Crippen LogP contribution in [-0.2, 0) is 9.53 Å². The number of esters is 1. The van der Waals surface area contributed by atoms with Gasteiger partial charge in [-0.3, -0.25) is 4.79 Å². The van der Waals surface area contributed by atoms with Crippen LogP contribution < -0.4 is 4.90 Å². The van der Waals surface area contributed by atoms with Crippen LogP contribution in [0.1, 0.15) is 47.3 Å². The second kappa shape index (κ2) is 8.14. The predicted molar refractivity (Wildman–Crippen MR) is 95.6 cm³/mol. The number of hydrogen-bond donors (Lipinski definition) is 2. The lowest BCUT2D eigenvalue weighted by Crippen LogP contribution is -2.34. The number of benzene rings is 1. The van der Waals surface area contributed by atoms with Gasteiger partial charge in [0.05, 0.1) is 6.10 Å². The van der Waals surface area contributed by atoms with E-state index in [-0.39, 0.29) is 5.69 Å². The highest BCUT2D eigenvalue weighted by Crippen LogP contribution is 2.25. The molecule has 0 saturated carbocycles. The first-order chi connectivity index (χ1) is 12.3. The number of aliphatic hydroxyl groups excluding tert-OH is 1. The van der Waals surface area contributed by atoms with Gasteiger partial charge in [0, 0.05) is 23.5 Å². The van der Waals surface area contributed by atoms with Crippen LogP contribution in [0, 0.1) is 19.7 Å². The molecule has 0 aliphatic rings. The number of carbonyl (C=O) groups excluding carboxylic acids is 2. The Morgan fingerprint density at radius 2 is 1.88 bits per heavy atom. The average Bonchev–Trinajstić information content (AvgIpc) is 2.89. The van der Waals surface area contributed by atoms with Gasteiger partial charge < -0.3 is 19.7 Å². The molecule has 0 radical (unpaired) electrons. The van der Waals surface area contributed by atoms with Crippen LogP contribution in [0.15, 0.2) is 24.3 Å². The molecule has 1 aromatic heterocycles. The zero-order chi connectivity index (χ0) is 19.4. The minimum atomic E-state index is -0.719. The van der Waals surface area contributed by atoms with Gasteiger partial charge in [0.25, 0.3) is 5.91 Å². The number of rotatable bonds is 6. The Morgan fingerprint density at radius 1 is 1.27 bits per heavy atom. The third-order valence-corrected chi connectivity index (χ3v) is 4.20. The number of carbonyl (C=O) groups is 2. The number of amides is 1. The molecule has 140 valence electrons. The van der Waals surface area contributed by atoms with Gasteiger partial charge in [0.15, 0.2) is 6.61 Å². The van der Waals surface area contributed by atoms with Gasteiger partial charge in [0.1, 0.15) is 11.5 Å². The highest BCUT2D eigenvalue weighted by molar-refractivity contribution is 5.97. The summed E-state index contributed by atoms with van der Waals surface area (Å²) in [5.41, 5.74) is 2.66. The molecular weight excluding hydrogens is 339 g/mol. The molecule has 0 unspecified atom stereocenters. The summed E-state index contributed by atoms with van der Waals surface area (Å²) in [6, 6.07) is 5.51. The number of aromatic amines is 1. The predicted octanol–water partition coefficient (Wildman–Crippen LogP) is 3.03. The monoisotopic (exact) mass is 362 g/mol. The number of ether oxygens (including phenoxy) is 1.